The molecule has 1 aromatic rings. The van der Waals surface area contributed by atoms with E-state index in [1.54, 1.807) is 18.2 Å². The zero-order chi connectivity index (χ0) is 18.4. The SMILES string of the molecule is Cc1cc(OCC(=O)NNC(=O)[C@@H]2CCCC[C@@H]2C(=O)O)ccc1Cl. The minimum atomic E-state index is -0.979. The van der Waals surface area contributed by atoms with Gasteiger partial charge in [-0.3, -0.25) is 25.2 Å². The van der Waals surface area contributed by atoms with Gasteiger partial charge in [-0.05, 0) is 43.5 Å². The van der Waals surface area contributed by atoms with Crippen molar-refractivity contribution in [1.82, 2.24) is 10.9 Å². The van der Waals surface area contributed by atoms with Crippen molar-refractivity contribution >= 4 is 29.4 Å². The lowest BCUT2D eigenvalue weighted by Gasteiger charge is -2.27. The van der Waals surface area contributed by atoms with E-state index in [1.807, 2.05) is 6.92 Å². The molecule has 0 saturated heterocycles. The van der Waals surface area contributed by atoms with E-state index < -0.39 is 29.6 Å². The maximum Gasteiger partial charge on any atom is 0.307 e. The summed E-state index contributed by atoms with van der Waals surface area (Å²) < 4.78 is 5.32. The molecule has 7 nitrogen and oxygen atoms in total. The van der Waals surface area contributed by atoms with E-state index in [-0.39, 0.29) is 6.61 Å². The minimum absolute atomic E-state index is 0.283. The predicted molar refractivity (Wildman–Crippen MR) is 91.1 cm³/mol. The van der Waals surface area contributed by atoms with Gasteiger partial charge in [0.25, 0.3) is 5.91 Å². The summed E-state index contributed by atoms with van der Waals surface area (Å²) in [5, 5.41) is 9.79. The molecule has 1 aliphatic rings. The van der Waals surface area contributed by atoms with E-state index in [9.17, 15) is 19.5 Å². The number of carbonyl (C=O) groups excluding carboxylic acids is 2. The number of carboxylic acid groups (broad SMARTS) is 1. The smallest absolute Gasteiger partial charge is 0.307 e. The number of aryl methyl sites for hydroxylation is 1. The number of carboxylic acids is 1. The Balaban J connectivity index is 1.79. The van der Waals surface area contributed by atoms with Crippen LogP contribution in [0, 0.1) is 18.8 Å². The first-order chi connectivity index (χ1) is 11.9. The maximum absolute atomic E-state index is 12.1. The summed E-state index contributed by atoms with van der Waals surface area (Å²) in [7, 11) is 0. The maximum atomic E-state index is 12.1. The van der Waals surface area contributed by atoms with Crippen LogP contribution in [0.15, 0.2) is 18.2 Å². The van der Waals surface area contributed by atoms with Gasteiger partial charge in [-0.2, -0.15) is 0 Å². The molecule has 0 bridgehead atoms. The van der Waals surface area contributed by atoms with Gasteiger partial charge in [0.2, 0.25) is 5.91 Å². The van der Waals surface area contributed by atoms with Crippen LogP contribution in [-0.2, 0) is 14.4 Å². The zero-order valence-electron chi connectivity index (χ0n) is 13.9. The summed E-state index contributed by atoms with van der Waals surface area (Å²) >= 11 is 5.91. The van der Waals surface area contributed by atoms with E-state index in [4.69, 9.17) is 16.3 Å². The van der Waals surface area contributed by atoms with Gasteiger partial charge >= 0.3 is 5.97 Å². The fourth-order valence-corrected chi connectivity index (χ4v) is 2.97. The van der Waals surface area contributed by atoms with Gasteiger partial charge < -0.3 is 9.84 Å². The largest absolute Gasteiger partial charge is 0.484 e. The topological polar surface area (TPSA) is 105 Å². The predicted octanol–water partition coefficient (Wildman–Crippen LogP) is 2.07. The Morgan fingerprint density at radius 1 is 1.20 bits per heavy atom. The minimum Gasteiger partial charge on any atom is -0.484 e. The second-order valence-corrected chi connectivity index (χ2v) is 6.48. The number of hydrogen-bond acceptors (Lipinski definition) is 4. The molecular weight excluding hydrogens is 348 g/mol. The van der Waals surface area contributed by atoms with Crippen LogP contribution in [0.1, 0.15) is 31.2 Å². The second-order valence-electron chi connectivity index (χ2n) is 6.07. The number of aliphatic carboxylic acids is 1. The Bertz CT molecular complexity index is 664. The first-order valence-electron chi connectivity index (χ1n) is 8.09. The van der Waals surface area contributed by atoms with Crippen LogP contribution >= 0.6 is 11.6 Å². The number of benzene rings is 1. The van der Waals surface area contributed by atoms with Crippen LogP contribution < -0.4 is 15.6 Å². The Morgan fingerprint density at radius 3 is 2.52 bits per heavy atom. The highest BCUT2D eigenvalue weighted by molar-refractivity contribution is 6.31. The van der Waals surface area contributed by atoms with E-state index in [0.717, 1.165) is 18.4 Å². The van der Waals surface area contributed by atoms with Crippen LogP contribution in [0.3, 0.4) is 0 Å². The molecule has 1 aromatic carbocycles. The zero-order valence-corrected chi connectivity index (χ0v) is 14.6. The summed E-state index contributed by atoms with van der Waals surface area (Å²) in [5.74, 6) is -2.86. The number of ether oxygens (including phenoxy) is 1. The molecule has 2 rings (SSSR count). The lowest BCUT2D eigenvalue weighted by Crippen LogP contribution is -2.49. The van der Waals surface area contributed by atoms with Gasteiger partial charge in [-0.25, -0.2) is 0 Å². The number of carbonyl (C=O) groups is 3. The van der Waals surface area contributed by atoms with Crippen LogP contribution in [0.5, 0.6) is 5.75 Å². The lowest BCUT2D eigenvalue weighted by atomic mass is 9.79. The molecule has 0 heterocycles. The van der Waals surface area contributed by atoms with Crippen molar-refractivity contribution in [2.24, 2.45) is 11.8 Å². The highest BCUT2D eigenvalue weighted by atomic mass is 35.5. The molecule has 8 heteroatoms. The molecular formula is C17H21ClN2O5. The van der Waals surface area contributed by atoms with Crippen molar-refractivity contribution < 1.29 is 24.2 Å². The quantitative estimate of drug-likeness (QED) is 0.690. The third-order valence-corrected chi connectivity index (χ3v) is 4.67. The Labute approximate surface area is 150 Å². The summed E-state index contributed by atoms with van der Waals surface area (Å²) in [6, 6.07) is 5.01. The molecule has 0 radical (unpaired) electrons. The van der Waals surface area contributed by atoms with Crippen LogP contribution in [-0.4, -0.2) is 29.5 Å². The molecule has 2 atom stereocenters. The van der Waals surface area contributed by atoms with E-state index >= 15 is 0 Å². The molecule has 3 N–H and O–H groups in total. The van der Waals surface area contributed by atoms with Gasteiger partial charge in [-0.15, -0.1) is 0 Å². The third kappa shape index (κ3) is 5.35. The van der Waals surface area contributed by atoms with Crippen molar-refractivity contribution in [2.45, 2.75) is 32.6 Å². The summed E-state index contributed by atoms with van der Waals surface area (Å²) in [6.45, 7) is 1.53. The Morgan fingerprint density at radius 2 is 1.88 bits per heavy atom. The molecule has 0 spiro atoms. The van der Waals surface area contributed by atoms with Gasteiger partial charge in [-0.1, -0.05) is 24.4 Å². The third-order valence-electron chi connectivity index (χ3n) is 4.24. The number of hydrogen-bond donors (Lipinski definition) is 3. The van der Waals surface area contributed by atoms with Gasteiger partial charge in [0.15, 0.2) is 6.61 Å². The highest BCUT2D eigenvalue weighted by Crippen LogP contribution is 2.30. The number of rotatable bonds is 5. The fraction of sp³-hybridized carbons (Fsp3) is 0.471. The van der Waals surface area contributed by atoms with Crippen LogP contribution in [0.25, 0.3) is 0 Å². The molecule has 2 amide bonds. The van der Waals surface area contributed by atoms with Crippen molar-refractivity contribution in [3.8, 4) is 5.75 Å². The second kappa shape index (κ2) is 8.71. The molecule has 1 saturated carbocycles. The van der Waals surface area contributed by atoms with Crippen molar-refractivity contribution in [3.63, 3.8) is 0 Å². The number of amides is 2. The van der Waals surface area contributed by atoms with Gasteiger partial charge in [0.05, 0.1) is 11.8 Å². The number of nitrogens with one attached hydrogen (secondary N) is 2. The standard InChI is InChI=1S/C17H21ClN2O5/c1-10-8-11(6-7-14(10)18)25-9-15(21)19-20-16(22)12-4-2-3-5-13(12)17(23)24/h6-8,12-13H,2-5,9H2,1H3,(H,19,21)(H,20,22)(H,23,24)/t12-,13+/m1/s1. The Hall–Kier alpha value is -2.28. The molecule has 0 aliphatic heterocycles. The number of hydrazine groups is 1. The van der Waals surface area contributed by atoms with E-state index in [2.05, 4.69) is 10.9 Å². The van der Waals surface area contributed by atoms with Gasteiger partial charge in [0.1, 0.15) is 5.75 Å². The van der Waals surface area contributed by atoms with Crippen molar-refractivity contribution in [3.05, 3.63) is 28.8 Å². The summed E-state index contributed by atoms with van der Waals surface area (Å²) in [6.07, 6.45) is 2.57. The van der Waals surface area contributed by atoms with Crippen LogP contribution in [0.2, 0.25) is 5.02 Å². The van der Waals surface area contributed by atoms with Gasteiger partial charge in [0, 0.05) is 5.02 Å². The molecule has 25 heavy (non-hydrogen) atoms. The lowest BCUT2D eigenvalue weighted by molar-refractivity contribution is -0.149. The fourth-order valence-electron chi connectivity index (χ4n) is 2.86. The molecule has 1 aliphatic carbocycles. The molecule has 0 unspecified atom stereocenters. The summed E-state index contributed by atoms with van der Waals surface area (Å²) in [4.78, 5) is 35.1. The van der Waals surface area contributed by atoms with Crippen molar-refractivity contribution in [2.75, 3.05) is 6.61 Å². The summed E-state index contributed by atoms with van der Waals surface area (Å²) in [5.41, 5.74) is 5.37. The van der Waals surface area contributed by atoms with Crippen molar-refractivity contribution in [1.29, 1.82) is 0 Å². The number of halogens is 1. The molecule has 136 valence electrons. The monoisotopic (exact) mass is 368 g/mol. The molecule has 1 fully saturated rings. The first kappa shape index (κ1) is 19.1. The normalized spacial score (nSPS) is 19.8. The highest BCUT2D eigenvalue weighted by Gasteiger charge is 2.35. The average Bonchev–Trinajstić information content (AvgIpc) is 2.60. The van der Waals surface area contributed by atoms with Crippen LogP contribution in [0.4, 0.5) is 0 Å². The van der Waals surface area contributed by atoms with E-state index in [1.165, 1.54) is 0 Å². The molecule has 0 aromatic heterocycles. The first-order valence-corrected chi connectivity index (χ1v) is 8.46. The van der Waals surface area contributed by atoms with E-state index in [0.29, 0.717) is 23.6 Å². The average molecular weight is 369 g/mol. The Kier molecular flexibility index (Phi) is 6.64.